The molecule has 1 aliphatic heterocycles. The maximum Gasteiger partial charge on any atom is 0.151 e. The molecule has 0 unspecified atom stereocenters. The molecule has 0 atom stereocenters. The normalized spacial score (nSPS) is 12.0. The molecule has 0 aliphatic carbocycles. The van der Waals surface area contributed by atoms with E-state index in [9.17, 15) is 0 Å². The van der Waals surface area contributed by atoms with Gasteiger partial charge in [-0.25, -0.2) is 0 Å². The average Bonchev–Trinajstić information content (AvgIpc) is 2.95. The summed E-state index contributed by atoms with van der Waals surface area (Å²) >= 11 is 0. The van der Waals surface area contributed by atoms with Gasteiger partial charge in [0.1, 0.15) is 0 Å². The molecule has 36 heavy (non-hydrogen) atoms. The van der Waals surface area contributed by atoms with E-state index in [2.05, 4.69) is 110 Å². The van der Waals surface area contributed by atoms with Crippen molar-refractivity contribution >= 4 is 17.1 Å². The van der Waals surface area contributed by atoms with E-state index >= 15 is 0 Å². The second-order valence-electron chi connectivity index (χ2n) is 9.20. The Kier molecular flexibility index (Phi) is 5.79. The Labute approximate surface area is 213 Å². The number of nitrogens with zero attached hydrogens (tertiary/aromatic N) is 1. The summed E-state index contributed by atoms with van der Waals surface area (Å²) in [5.41, 5.74) is 10.8. The number of hydrogen-bond donors (Lipinski definition) is 0. The van der Waals surface area contributed by atoms with Crippen molar-refractivity contribution in [2.45, 2.75) is 26.7 Å². The molecular weight excluding hydrogens is 438 g/mol. The van der Waals surface area contributed by atoms with E-state index in [0.717, 1.165) is 41.4 Å². The van der Waals surface area contributed by atoms with E-state index in [1.165, 1.54) is 33.4 Å². The predicted octanol–water partition coefficient (Wildman–Crippen LogP) is 9.72. The Morgan fingerprint density at radius 1 is 0.528 bits per heavy atom. The summed E-state index contributed by atoms with van der Waals surface area (Å²) in [6, 6.07) is 41.3. The number of para-hydroxylation sites is 4. The molecule has 5 aromatic carbocycles. The van der Waals surface area contributed by atoms with Gasteiger partial charge < -0.3 is 9.64 Å². The number of benzene rings is 5. The van der Waals surface area contributed by atoms with E-state index in [0.29, 0.717) is 0 Å². The van der Waals surface area contributed by atoms with Gasteiger partial charge in [-0.2, -0.15) is 0 Å². The summed E-state index contributed by atoms with van der Waals surface area (Å²) in [6.07, 6.45) is 2.08. The summed E-state index contributed by atoms with van der Waals surface area (Å²) in [7, 11) is 0. The van der Waals surface area contributed by atoms with Crippen LogP contribution in [0, 0.1) is 0 Å². The number of hydrogen-bond acceptors (Lipinski definition) is 2. The Morgan fingerprint density at radius 2 is 1.03 bits per heavy atom. The molecule has 1 heterocycles. The number of ether oxygens (including phenoxy) is 1. The van der Waals surface area contributed by atoms with Crippen LogP contribution in [0.2, 0.25) is 0 Å². The van der Waals surface area contributed by atoms with E-state index in [1.54, 1.807) is 0 Å². The van der Waals surface area contributed by atoms with Crippen LogP contribution in [0.1, 0.15) is 25.0 Å². The first-order valence-corrected chi connectivity index (χ1v) is 12.7. The fraction of sp³-hybridized carbons (Fsp3) is 0.118. The van der Waals surface area contributed by atoms with Crippen molar-refractivity contribution in [2.75, 3.05) is 4.90 Å². The van der Waals surface area contributed by atoms with Gasteiger partial charge >= 0.3 is 0 Å². The molecule has 5 aromatic rings. The lowest BCUT2D eigenvalue weighted by molar-refractivity contribution is 0.477. The lowest BCUT2D eigenvalue weighted by Crippen LogP contribution is -2.15. The van der Waals surface area contributed by atoms with Gasteiger partial charge in [-0.05, 0) is 82.6 Å². The highest BCUT2D eigenvalue weighted by Gasteiger charge is 2.26. The van der Waals surface area contributed by atoms with Gasteiger partial charge in [0.2, 0.25) is 0 Å². The van der Waals surface area contributed by atoms with Crippen molar-refractivity contribution in [3.8, 4) is 33.8 Å². The first-order chi connectivity index (χ1) is 17.7. The largest absolute Gasteiger partial charge is 0.453 e. The summed E-state index contributed by atoms with van der Waals surface area (Å²) in [5, 5.41) is 0. The zero-order valence-corrected chi connectivity index (χ0v) is 20.7. The van der Waals surface area contributed by atoms with E-state index in [-0.39, 0.29) is 0 Å². The van der Waals surface area contributed by atoms with E-state index in [1.807, 2.05) is 24.3 Å². The molecular formula is C34H29NO. The van der Waals surface area contributed by atoms with Crippen LogP contribution in [0.3, 0.4) is 0 Å². The molecule has 2 heteroatoms. The maximum atomic E-state index is 6.24. The molecule has 2 nitrogen and oxygen atoms in total. The summed E-state index contributed by atoms with van der Waals surface area (Å²) < 4.78 is 6.24. The van der Waals surface area contributed by atoms with Crippen LogP contribution in [0.15, 0.2) is 115 Å². The number of fused-ring (bicyclic) bond motifs is 2. The van der Waals surface area contributed by atoms with Crippen LogP contribution in [-0.2, 0) is 12.8 Å². The first-order valence-electron chi connectivity index (χ1n) is 12.7. The highest BCUT2D eigenvalue weighted by Crippen LogP contribution is 2.51. The Hall–Kier alpha value is -4.30. The standard InChI is InChI=1S/C34H29NO/c1-3-24-13-17-26(18-14-24)29-22-21-28(23-30(29)27-19-15-25(4-2)16-20-27)35-31-9-5-7-11-33(31)36-34-12-8-6-10-32(34)35/h5-23H,3-4H2,1-2H3. The lowest BCUT2D eigenvalue weighted by Gasteiger charge is -2.33. The third-order valence-electron chi connectivity index (χ3n) is 7.04. The Morgan fingerprint density at radius 3 is 1.56 bits per heavy atom. The fourth-order valence-corrected chi connectivity index (χ4v) is 4.98. The zero-order valence-electron chi connectivity index (χ0n) is 20.7. The topological polar surface area (TPSA) is 12.5 Å². The second-order valence-corrected chi connectivity index (χ2v) is 9.20. The molecule has 6 rings (SSSR count). The number of anilines is 3. The van der Waals surface area contributed by atoms with Crippen LogP contribution >= 0.6 is 0 Å². The van der Waals surface area contributed by atoms with Crippen LogP contribution in [0.25, 0.3) is 22.3 Å². The highest BCUT2D eigenvalue weighted by atomic mass is 16.5. The van der Waals surface area contributed by atoms with Crippen LogP contribution in [0.4, 0.5) is 17.1 Å². The van der Waals surface area contributed by atoms with Crippen molar-refractivity contribution in [2.24, 2.45) is 0 Å². The lowest BCUT2D eigenvalue weighted by atomic mass is 9.92. The molecule has 0 saturated carbocycles. The average molecular weight is 468 g/mol. The van der Waals surface area contributed by atoms with Gasteiger partial charge in [-0.3, -0.25) is 0 Å². The van der Waals surface area contributed by atoms with Crippen LogP contribution in [0.5, 0.6) is 11.5 Å². The highest BCUT2D eigenvalue weighted by molar-refractivity contribution is 5.91. The fourth-order valence-electron chi connectivity index (χ4n) is 4.98. The predicted molar refractivity (Wildman–Crippen MR) is 151 cm³/mol. The van der Waals surface area contributed by atoms with Crippen molar-refractivity contribution < 1.29 is 4.74 Å². The van der Waals surface area contributed by atoms with Crippen molar-refractivity contribution in [1.29, 1.82) is 0 Å². The van der Waals surface area contributed by atoms with E-state index in [4.69, 9.17) is 4.74 Å². The van der Waals surface area contributed by atoms with Gasteiger partial charge in [-0.15, -0.1) is 0 Å². The number of rotatable bonds is 5. The molecule has 0 amide bonds. The Bertz CT molecular complexity index is 1470. The SMILES string of the molecule is CCc1ccc(-c2ccc(N3c4ccccc4Oc4ccccc43)cc2-c2ccc(CC)cc2)cc1. The van der Waals surface area contributed by atoms with Gasteiger partial charge in [-0.1, -0.05) is 92.7 Å². The monoisotopic (exact) mass is 467 g/mol. The van der Waals surface area contributed by atoms with Crippen molar-refractivity contribution in [3.05, 3.63) is 126 Å². The van der Waals surface area contributed by atoms with Crippen LogP contribution in [-0.4, -0.2) is 0 Å². The van der Waals surface area contributed by atoms with Gasteiger partial charge in [0.25, 0.3) is 0 Å². The molecule has 0 fully saturated rings. The third-order valence-corrected chi connectivity index (χ3v) is 7.04. The van der Waals surface area contributed by atoms with Crippen molar-refractivity contribution in [3.63, 3.8) is 0 Å². The molecule has 176 valence electrons. The molecule has 1 aliphatic rings. The minimum atomic E-state index is 0.865. The van der Waals surface area contributed by atoms with Gasteiger partial charge in [0.15, 0.2) is 11.5 Å². The summed E-state index contributed by atoms with van der Waals surface area (Å²) in [4.78, 5) is 2.31. The summed E-state index contributed by atoms with van der Waals surface area (Å²) in [5.74, 6) is 1.73. The minimum absolute atomic E-state index is 0.865. The molecule has 0 radical (unpaired) electrons. The molecule has 0 bridgehead atoms. The maximum absolute atomic E-state index is 6.24. The molecule has 0 N–H and O–H groups in total. The van der Waals surface area contributed by atoms with E-state index < -0.39 is 0 Å². The Balaban J connectivity index is 1.55. The molecule has 0 spiro atoms. The molecule has 0 saturated heterocycles. The molecule has 0 aromatic heterocycles. The van der Waals surface area contributed by atoms with Gasteiger partial charge in [0.05, 0.1) is 11.4 Å². The third kappa shape index (κ3) is 3.95. The number of aryl methyl sites for hydroxylation is 2. The summed E-state index contributed by atoms with van der Waals surface area (Å²) in [6.45, 7) is 4.40. The zero-order chi connectivity index (χ0) is 24.5. The second kappa shape index (κ2) is 9.39. The first kappa shape index (κ1) is 22.2. The van der Waals surface area contributed by atoms with Crippen molar-refractivity contribution in [1.82, 2.24) is 0 Å². The van der Waals surface area contributed by atoms with Crippen LogP contribution < -0.4 is 9.64 Å². The van der Waals surface area contributed by atoms with Gasteiger partial charge in [0, 0.05) is 5.69 Å². The minimum Gasteiger partial charge on any atom is -0.453 e. The smallest absolute Gasteiger partial charge is 0.151 e. The quantitative estimate of drug-likeness (QED) is 0.250.